The molecular weight excluding hydrogens is 200 g/mol. The highest BCUT2D eigenvalue weighted by Gasteiger charge is 2.21. The highest BCUT2D eigenvalue weighted by molar-refractivity contribution is 5.46. The van der Waals surface area contributed by atoms with Crippen LogP contribution in [0.3, 0.4) is 0 Å². The van der Waals surface area contributed by atoms with Gasteiger partial charge < -0.3 is 5.73 Å². The fourth-order valence-electron chi connectivity index (χ4n) is 1.58. The molecule has 0 bridgehead atoms. The number of rotatable bonds is 1. The van der Waals surface area contributed by atoms with Gasteiger partial charge in [0.2, 0.25) is 0 Å². The number of hydrogen-bond acceptors (Lipinski definition) is 3. The molecule has 0 saturated carbocycles. The lowest BCUT2D eigenvalue weighted by Gasteiger charge is -2.15. The average molecular weight is 216 g/mol. The molecule has 2 aromatic heterocycles. The number of nitrogen functional groups attached to an aromatic ring is 1. The van der Waals surface area contributed by atoms with Crippen molar-refractivity contribution in [1.82, 2.24) is 14.8 Å². The number of nitrogens with two attached hydrogens (primary N) is 1. The van der Waals surface area contributed by atoms with Crippen molar-refractivity contribution in [2.24, 2.45) is 0 Å². The Morgan fingerprint density at radius 2 is 2.00 bits per heavy atom. The molecule has 4 heteroatoms. The Hall–Kier alpha value is -1.84. The van der Waals surface area contributed by atoms with Crippen molar-refractivity contribution in [3.63, 3.8) is 0 Å². The molecule has 0 aromatic carbocycles. The van der Waals surface area contributed by atoms with E-state index in [4.69, 9.17) is 5.73 Å². The van der Waals surface area contributed by atoms with Gasteiger partial charge >= 0.3 is 0 Å². The van der Waals surface area contributed by atoms with Crippen LogP contribution in [0.2, 0.25) is 0 Å². The van der Waals surface area contributed by atoms with Crippen LogP contribution in [0.4, 0.5) is 5.69 Å². The number of anilines is 1. The molecule has 0 aliphatic carbocycles. The number of aromatic nitrogens is 3. The molecule has 0 amide bonds. The minimum atomic E-state index is -0.0515. The SMILES string of the molecule is CC(C)(C)c1nn(-c2ccccn2)cc1N. The van der Waals surface area contributed by atoms with Crippen LogP contribution < -0.4 is 5.73 Å². The zero-order valence-electron chi connectivity index (χ0n) is 9.81. The molecule has 84 valence electrons. The van der Waals surface area contributed by atoms with E-state index in [0.717, 1.165) is 11.5 Å². The summed E-state index contributed by atoms with van der Waals surface area (Å²) in [4.78, 5) is 4.23. The van der Waals surface area contributed by atoms with E-state index in [-0.39, 0.29) is 5.41 Å². The fraction of sp³-hybridized carbons (Fsp3) is 0.333. The van der Waals surface area contributed by atoms with Gasteiger partial charge in [0.05, 0.1) is 17.6 Å². The largest absolute Gasteiger partial charge is 0.396 e. The summed E-state index contributed by atoms with van der Waals surface area (Å²) < 4.78 is 1.72. The van der Waals surface area contributed by atoms with Crippen LogP contribution >= 0.6 is 0 Å². The molecule has 2 heterocycles. The Morgan fingerprint density at radius 1 is 1.25 bits per heavy atom. The van der Waals surface area contributed by atoms with Gasteiger partial charge in [-0.3, -0.25) is 0 Å². The predicted octanol–water partition coefficient (Wildman–Crippen LogP) is 2.15. The van der Waals surface area contributed by atoms with Crippen molar-refractivity contribution in [1.29, 1.82) is 0 Å². The summed E-state index contributed by atoms with van der Waals surface area (Å²) in [5, 5.41) is 4.48. The van der Waals surface area contributed by atoms with Crippen LogP contribution in [-0.4, -0.2) is 14.8 Å². The number of hydrogen-bond donors (Lipinski definition) is 1. The third-order valence-corrected chi connectivity index (χ3v) is 2.34. The molecule has 0 radical (unpaired) electrons. The van der Waals surface area contributed by atoms with Crippen molar-refractivity contribution in [2.75, 3.05) is 5.73 Å². The van der Waals surface area contributed by atoms with Crippen LogP contribution in [0.1, 0.15) is 26.5 Å². The molecule has 16 heavy (non-hydrogen) atoms. The van der Waals surface area contributed by atoms with Crippen LogP contribution in [-0.2, 0) is 5.41 Å². The molecule has 0 aliphatic heterocycles. The fourth-order valence-corrected chi connectivity index (χ4v) is 1.58. The van der Waals surface area contributed by atoms with Crippen molar-refractivity contribution in [3.8, 4) is 5.82 Å². The third-order valence-electron chi connectivity index (χ3n) is 2.34. The van der Waals surface area contributed by atoms with Gasteiger partial charge in [-0.25, -0.2) is 9.67 Å². The summed E-state index contributed by atoms with van der Waals surface area (Å²) in [5.74, 6) is 0.782. The first-order chi connectivity index (χ1) is 7.48. The van der Waals surface area contributed by atoms with Crippen molar-refractivity contribution in [2.45, 2.75) is 26.2 Å². The number of nitrogens with zero attached hydrogens (tertiary/aromatic N) is 3. The van der Waals surface area contributed by atoms with Gasteiger partial charge in [-0.15, -0.1) is 0 Å². The minimum absolute atomic E-state index is 0.0515. The van der Waals surface area contributed by atoms with Crippen molar-refractivity contribution in [3.05, 3.63) is 36.3 Å². The Balaban J connectivity index is 2.47. The van der Waals surface area contributed by atoms with E-state index in [0.29, 0.717) is 5.69 Å². The summed E-state index contributed by atoms with van der Waals surface area (Å²) in [6, 6.07) is 5.71. The second-order valence-corrected chi connectivity index (χ2v) is 4.82. The molecule has 0 atom stereocenters. The molecule has 2 aromatic rings. The maximum absolute atomic E-state index is 5.95. The number of pyridine rings is 1. The summed E-state index contributed by atoms with van der Waals surface area (Å²) in [6.45, 7) is 6.28. The summed E-state index contributed by atoms with van der Waals surface area (Å²) >= 11 is 0. The van der Waals surface area contributed by atoms with Crippen molar-refractivity contribution < 1.29 is 0 Å². The van der Waals surface area contributed by atoms with E-state index < -0.39 is 0 Å². The molecular formula is C12H16N4. The third kappa shape index (κ3) is 1.91. The smallest absolute Gasteiger partial charge is 0.153 e. The normalized spacial score (nSPS) is 11.7. The average Bonchev–Trinajstić information content (AvgIpc) is 2.61. The monoisotopic (exact) mass is 216 g/mol. The second kappa shape index (κ2) is 3.63. The molecule has 2 rings (SSSR count). The van der Waals surface area contributed by atoms with Crippen LogP contribution in [0.5, 0.6) is 0 Å². The van der Waals surface area contributed by atoms with Gasteiger partial charge in [-0.1, -0.05) is 26.8 Å². The van der Waals surface area contributed by atoms with E-state index in [1.807, 2.05) is 24.4 Å². The van der Waals surface area contributed by atoms with Gasteiger partial charge in [0.15, 0.2) is 5.82 Å². The molecule has 2 N–H and O–H groups in total. The lowest BCUT2D eigenvalue weighted by Crippen LogP contribution is -2.14. The van der Waals surface area contributed by atoms with Crippen LogP contribution in [0, 0.1) is 0 Å². The van der Waals surface area contributed by atoms with Gasteiger partial charge in [-0.2, -0.15) is 5.10 Å². The summed E-state index contributed by atoms with van der Waals surface area (Å²) in [6.07, 6.45) is 3.55. The zero-order chi connectivity index (χ0) is 11.8. The maximum atomic E-state index is 5.95. The highest BCUT2D eigenvalue weighted by Crippen LogP contribution is 2.26. The van der Waals surface area contributed by atoms with E-state index in [1.165, 1.54) is 0 Å². The van der Waals surface area contributed by atoms with Crippen molar-refractivity contribution >= 4 is 5.69 Å². The lowest BCUT2D eigenvalue weighted by molar-refractivity contribution is 0.561. The quantitative estimate of drug-likeness (QED) is 0.794. The second-order valence-electron chi connectivity index (χ2n) is 4.82. The summed E-state index contributed by atoms with van der Waals surface area (Å²) in [7, 11) is 0. The Morgan fingerprint density at radius 3 is 2.50 bits per heavy atom. The van der Waals surface area contributed by atoms with Gasteiger partial charge in [0, 0.05) is 11.6 Å². The zero-order valence-corrected chi connectivity index (χ0v) is 9.81. The van der Waals surface area contributed by atoms with E-state index >= 15 is 0 Å². The first-order valence-electron chi connectivity index (χ1n) is 5.25. The minimum Gasteiger partial charge on any atom is -0.396 e. The highest BCUT2D eigenvalue weighted by atomic mass is 15.3. The summed E-state index contributed by atoms with van der Waals surface area (Å²) in [5.41, 5.74) is 7.51. The topological polar surface area (TPSA) is 56.7 Å². The standard InChI is InChI=1S/C12H16N4/c1-12(2,3)11-9(13)8-16(15-11)10-6-4-5-7-14-10/h4-8H,13H2,1-3H3. The molecule has 0 spiro atoms. The molecule has 0 unspecified atom stereocenters. The Kier molecular flexibility index (Phi) is 2.42. The maximum Gasteiger partial charge on any atom is 0.153 e. The van der Waals surface area contributed by atoms with E-state index in [1.54, 1.807) is 10.9 Å². The first-order valence-corrected chi connectivity index (χ1v) is 5.25. The van der Waals surface area contributed by atoms with Gasteiger partial charge in [0.1, 0.15) is 0 Å². The van der Waals surface area contributed by atoms with E-state index in [9.17, 15) is 0 Å². The first kappa shape index (κ1) is 10.7. The van der Waals surface area contributed by atoms with Crippen LogP contribution in [0.15, 0.2) is 30.6 Å². The molecule has 0 fully saturated rings. The van der Waals surface area contributed by atoms with Crippen LogP contribution in [0.25, 0.3) is 5.82 Å². The van der Waals surface area contributed by atoms with E-state index in [2.05, 4.69) is 30.9 Å². The Bertz CT molecular complexity index is 479. The Labute approximate surface area is 95.1 Å². The van der Waals surface area contributed by atoms with Gasteiger partial charge in [-0.05, 0) is 12.1 Å². The molecule has 0 aliphatic rings. The van der Waals surface area contributed by atoms with Gasteiger partial charge in [0.25, 0.3) is 0 Å². The molecule has 4 nitrogen and oxygen atoms in total. The predicted molar refractivity (Wildman–Crippen MR) is 64.5 cm³/mol. The molecule has 0 saturated heterocycles. The lowest BCUT2D eigenvalue weighted by atomic mass is 9.92.